The number of nitrogens with one attached hydrogen (secondary N) is 2. The second kappa shape index (κ2) is 8.30. The van der Waals surface area contributed by atoms with Crippen LogP contribution in [0.15, 0.2) is 24.3 Å². The smallest absolute Gasteiger partial charge is 0.256 e. The van der Waals surface area contributed by atoms with Gasteiger partial charge in [-0.25, -0.2) is 8.42 Å². The minimum absolute atomic E-state index is 0.106. The summed E-state index contributed by atoms with van der Waals surface area (Å²) in [5, 5.41) is 2.75. The number of hydrogen-bond donors (Lipinski definition) is 3. The molecule has 9 heteroatoms. The third-order valence-electron chi connectivity index (χ3n) is 3.98. The van der Waals surface area contributed by atoms with E-state index in [0.717, 1.165) is 6.26 Å². The van der Waals surface area contributed by atoms with Gasteiger partial charge in [-0.2, -0.15) is 0 Å². The van der Waals surface area contributed by atoms with Crippen molar-refractivity contribution in [3.05, 3.63) is 29.8 Å². The lowest BCUT2D eigenvalue weighted by Gasteiger charge is -2.32. The van der Waals surface area contributed by atoms with Crippen LogP contribution in [0.4, 0.5) is 5.69 Å². The molecule has 1 aliphatic heterocycles. The van der Waals surface area contributed by atoms with E-state index in [1.165, 1.54) is 0 Å². The summed E-state index contributed by atoms with van der Waals surface area (Å²) in [5.74, 6) is -0.673. The molecule has 2 rings (SSSR count). The number of carbonyl (C=O) groups excluding carboxylic acids is 2. The lowest BCUT2D eigenvalue weighted by molar-refractivity contribution is -0.126. The number of benzene rings is 1. The van der Waals surface area contributed by atoms with Crippen molar-refractivity contribution in [1.29, 1.82) is 0 Å². The zero-order valence-electron chi connectivity index (χ0n) is 14.2. The van der Waals surface area contributed by atoms with Crippen LogP contribution < -0.4 is 15.8 Å². The van der Waals surface area contributed by atoms with Gasteiger partial charge >= 0.3 is 0 Å². The highest BCUT2D eigenvalue weighted by Crippen LogP contribution is 2.23. The number of hydrogen-bond acceptors (Lipinski definition) is 5. The number of rotatable bonds is 6. The first-order chi connectivity index (χ1) is 11.8. The van der Waals surface area contributed by atoms with E-state index in [1.807, 2.05) is 0 Å². The highest BCUT2D eigenvalue weighted by atomic mass is 32.2. The van der Waals surface area contributed by atoms with Crippen LogP contribution in [-0.2, 0) is 14.8 Å². The Balaban J connectivity index is 2.14. The van der Waals surface area contributed by atoms with Gasteiger partial charge in [0.1, 0.15) is 0 Å². The zero-order valence-corrected chi connectivity index (χ0v) is 15.0. The Morgan fingerprint density at radius 1 is 1.32 bits per heavy atom. The summed E-state index contributed by atoms with van der Waals surface area (Å²) < 4.78 is 25.4. The summed E-state index contributed by atoms with van der Waals surface area (Å²) in [5.41, 5.74) is 5.90. The molecule has 1 unspecified atom stereocenters. The molecule has 1 aromatic rings. The van der Waals surface area contributed by atoms with Gasteiger partial charge < -0.3 is 16.0 Å². The molecule has 1 saturated heterocycles. The van der Waals surface area contributed by atoms with Gasteiger partial charge in [0.05, 0.1) is 23.4 Å². The molecular weight excluding hydrogens is 344 g/mol. The van der Waals surface area contributed by atoms with E-state index in [-0.39, 0.29) is 29.0 Å². The van der Waals surface area contributed by atoms with E-state index in [0.29, 0.717) is 39.0 Å². The van der Waals surface area contributed by atoms with Crippen LogP contribution in [0.2, 0.25) is 0 Å². The van der Waals surface area contributed by atoms with Crippen molar-refractivity contribution in [1.82, 2.24) is 10.2 Å². The van der Waals surface area contributed by atoms with Crippen molar-refractivity contribution >= 4 is 27.5 Å². The quantitative estimate of drug-likeness (QED) is 0.652. The number of piperidine rings is 1. The Morgan fingerprint density at radius 3 is 2.72 bits per heavy atom. The van der Waals surface area contributed by atoms with Crippen LogP contribution in [0, 0.1) is 5.92 Å². The third kappa shape index (κ3) is 5.43. The molecule has 0 bridgehead atoms. The minimum atomic E-state index is -3.50. The first-order valence-electron chi connectivity index (χ1n) is 8.15. The van der Waals surface area contributed by atoms with Crippen LogP contribution in [0.1, 0.15) is 23.2 Å². The maximum Gasteiger partial charge on any atom is 0.256 e. The van der Waals surface area contributed by atoms with E-state index >= 15 is 0 Å². The van der Waals surface area contributed by atoms with Crippen molar-refractivity contribution in [2.75, 3.05) is 37.2 Å². The summed E-state index contributed by atoms with van der Waals surface area (Å²) in [6, 6.07) is 6.46. The Hall–Kier alpha value is -2.13. The van der Waals surface area contributed by atoms with Crippen molar-refractivity contribution in [3.8, 4) is 0 Å². The molecule has 0 spiro atoms. The average molecular weight is 368 g/mol. The van der Waals surface area contributed by atoms with Gasteiger partial charge in [0.2, 0.25) is 15.9 Å². The molecule has 0 radical (unpaired) electrons. The SMILES string of the molecule is CS(=O)(=O)Nc1ccccc1C(=O)N1CCCC(C(=O)NCCN)C1. The second-order valence-corrected chi connectivity index (χ2v) is 7.84. The topological polar surface area (TPSA) is 122 Å². The minimum Gasteiger partial charge on any atom is -0.355 e. The van der Waals surface area contributed by atoms with Crippen molar-refractivity contribution in [2.45, 2.75) is 12.8 Å². The zero-order chi connectivity index (χ0) is 18.4. The average Bonchev–Trinajstić information content (AvgIpc) is 2.58. The molecule has 1 aromatic carbocycles. The van der Waals surface area contributed by atoms with Gasteiger partial charge in [-0.15, -0.1) is 0 Å². The lowest BCUT2D eigenvalue weighted by Crippen LogP contribution is -2.46. The van der Waals surface area contributed by atoms with E-state index in [2.05, 4.69) is 10.0 Å². The normalized spacial score (nSPS) is 17.8. The number of para-hydroxylation sites is 1. The molecule has 8 nitrogen and oxygen atoms in total. The highest BCUT2D eigenvalue weighted by Gasteiger charge is 2.29. The van der Waals surface area contributed by atoms with E-state index in [9.17, 15) is 18.0 Å². The fourth-order valence-corrected chi connectivity index (χ4v) is 3.42. The molecule has 2 amide bonds. The van der Waals surface area contributed by atoms with Gasteiger partial charge in [0, 0.05) is 26.2 Å². The molecule has 25 heavy (non-hydrogen) atoms. The molecule has 0 saturated carbocycles. The Morgan fingerprint density at radius 2 is 2.04 bits per heavy atom. The standard InChI is InChI=1S/C16H24N4O4S/c1-25(23,24)19-14-7-3-2-6-13(14)16(22)20-10-4-5-12(11-20)15(21)18-9-8-17/h2-3,6-7,12,19H,4-5,8-11,17H2,1H3,(H,18,21). The molecule has 0 aliphatic carbocycles. The molecule has 1 aliphatic rings. The fraction of sp³-hybridized carbons (Fsp3) is 0.500. The molecule has 1 atom stereocenters. The predicted octanol–water partition coefficient (Wildman–Crippen LogP) is -0.0148. The number of likely N-dealkylation sites (tertiary alicyclic amines) is 1. The number of nitrogens with two attached hydrogens (primary N) is 1. The maximum atomic E-state index is 12.8. The van der Waals surface area contributed by atoms with Crippen LogP contribution in [-0.4, -0.2) is 57.6 Å². The highest BCUT2D eigenvalue weighted by molar-refractivity contribution is 7.92. The summed E-state index contributed by atoms with van der Waals surface area (Å²) in [4.78, 5) is 26.5. The summed E-state index contributed by atoms with van der Waals surface area (Å²) >= 11 is 0. The van der Waals surface area contributed by atoms with Gasteiger partial charge in [-0.1, -0.05) is 12.1 Å². The first-order valence-corrected chi connectivity index (χ1v) is 10.0. The number of nitrogens with zero attached hydrogens (tertiary/aromatic N) is 1. The van der Waals surface area contributed by atoms with Crippen LogP contribution in [0.5, 0.6) is 0 Å². The number of amides is 2. The van der Waals surface area contributed by atoms with Crippen molar-refractivity contribution in [2.24, 2.45) is 11.7 Å². The van der Waals surface area contributed by atoms with Crippen LogP contribution in [0.3, 0.4) is 0 Å². The van der Waals surface area contributed by atoms with Gasteiger partial charge in [-0.05, 0) is 25.0 Å². The Kier molecular flexibility index (Phi) is 6.38. The molecule has 138 valence electrons. The number of carbonyl (C=O) groups is 2. The fourth-order valence-electron chi connectivity index (χ4n) is 2.84. The molecule has 4 N–H and O–H groups in total. The largest absolute Gasteiger partial charge is 0.355 e. The van der Waals surface area contributed by atoms with Gasteiger partial charge in [-0.3, -0.25) is 14.3 Å². The lowest BCUT2D eigenvalue weighted by atomic mass is 9.96. The predicted molar refractivity (Wildman–Crippen MR) is 95.6 cm³/mol. The van der Waals surface area contributed by atoms with E-state index < -0.39 is 10.0 Å². The van der Waals surface area contributed by atoms with Crippen LogP contribution in [0.25, 0.3) is 0 Å². The number of anilines is 1. The Bertz CT molecular complexity index is 735. The number of sulfonamides is 1. The van der Waals surface area contributed by atoms with Crippen molar-refractivity contribution < 1.29 is 18.0 Å². The maximum absolute atomic E-state index is 12.8. The molecule has 1 fully saturated rings. The molecule has 1 heterocycles. The summed E-state index contributed by atoms with van der Waals surface area (Å²) in [6.07, 6.45) is 2.46. The van der Waals surface area contributed by atoms with Gasteiger partial charge in [0.15, 0.2) is 0 Å². The molecule has 0 aromatic heterocycles. The van der Waals surface area contributed by atoms with Crippen LogP contribution >= 0.6 is 0 Å². The second-order valence-electron chi connectivity index (χ2n) is 6.09. The summed E-state index contributed by atoms with van der Waals surface area (Å²) in [6.45, 7) is 1.62. The monoisotopic (exact) mass is 368 g/mol. The summed E-state index contributed by atoms with van der Waals surface area (Å²) in [7, 11) is -3.50. The Labute approximate surface area is 147 Å². The van der Waals surface area contributed by atoms with E-state index in [4.69, 9.17) is 5.73 Å². The third-order valence-corrected chi connectivity index (χ3v) is 4.57. The van der Waals surface area contributed by atoms with Gasteiger partial charge in [0.25, 0.3) is 5.91 Å². The first kappa shape index (κ1) is 19.2. The van der Waals surface area contributed by atoms with E-state index in [1.54, 1.807) is 29.2 Å². The van der Waals surface area contributed by atoms with Crippen molar-refractivity contribution in [3.63, 3.8) is 0 Å². The molecular formula is C16H24N4O4S.